The summed E-state index contributed by atoms with van der Waals surface area (Å²) in [5.74, 6) is -0.202. The van der Waals surface area contributed by atoms with Gasteiger partial charge in [0.25, 0.3) is 5.91 Å². The number of carbonyl (C=O) groups excluding carboxylic acids is 1. The Labute approximate surface area is 109 Å². The lowest BCUT2D eigenvalue weighted by molar-refractivity contribution is 0.0948. The molecule has 94 valence electrons. The lowest BCUT2D eigenvalue weighted by Crippen LogP contribution is -2.32. The maximum absolute atomic E-state index is 13.0. The van der Waals surface area contributed by atoms with Crippen molar-refractivity contribution in [1.29, 1.82) is 0 Å². The number of hydrogen-bond acceptors (Lipinski definition) is 2. The van der Waals surface area contributed by atoms with Crippen LogP contribution in [-0.2, 0) is 0 Å². The van der Waals surface area contributed by atoms with E-state index in [2.05, 4.69) is 26.6 Å². The van der Waals surface area contributed by atoms with Crippen molar-refractivity contribution < 1.29 is 9.18 Å². The van der Waals surface area contributed by atoms with Gasteiger partial charge in [-0.1, -0.05) is 6.92 Å². The topological polar surface area (TPSA) is 41.1 Å². The zero-order valence-corrected chi connectivity index (χ0v) is 11.5. The summed E-state index contributed by atoms with van der Waals surface area (Å²) in [5, 5.41) is 5.85. The van der Waals surface area contributed by atoms with Crippen molar-refractivity contribution >= 4 is 21.8 Å². The van der Waals surface area contributed by atoms with Gasteiger partial charge >= 0.3 is 0 Å². The maximum atomic E-state index is 13.0. The molecule has 17 heavy (non-hydrogen) atoms. The Morgan fingerprint density at radius 3 is 2.76 bits per heavy atom. The maximum Gasteiger partial charge on any atom is 0.251 e. The highest BCUT2D eigenvalue weighted by Crippen LogP contribution is 2.16. The molecule has 1 aromatic carbocycles. The molecule has 1 atom stereocenters. The third kappa shape index (κ3) is 4.44. The zero-order chi connectivity index (χ0) is 12.8. The Morgan fingerprint density at radius 1 is 1.47 bits per heavy atom. The van der Waals surface area contributed by atoms with Crippen molar-refractivity contribution in [3.63, 3.8) is 0 Å². The zero-order valence-electron chi connectivity index (χ0n) is 9.89. The van der Waals surface area contributed by atoms with E-state index in [4.69, 9.17) is 0 Å². The minimum absolute atomic E-state index is 0.186. The first kappa shape index (κ1) is 14.1. The SMILES string of the molecule is CNC[C@H](C)CNC(=O)c1ccc(F)c(Br)c1. The van der Waals surface area contributed by atoms with Gasteiger partial charge in [-0.05, 0) is 53.6 Å². The molecule has 1 amide bonds. The van der Waals surface area contributed by atoms with Crippen molar-refractivity contribution in [3.05, 3.63) is 34.1 Å². The second-order valence-electron chi connectivity index (χ2n) is 4.00. The molecule has 5 heteroatoms. The number of carbonyl (C=O) groups is 1. The Balaban J connectivity index is 2.55. The lowest BCUT2D eigenvalue weighted by atomic mass is 10.1. The normalized spacial score (nSPS) is 12.2. The molecule has 0 spiro atoms. The van der Waals surface area contributed by atoms with Crippen molar-refractivity contribution in [3.8, 4) is 0 Å². The quantitative estimate of drug-likeness (QED) is 0.875. The summed E-state index contributed by atoms with van der Waals surface area (Å²) in [6, 6.07) is 4.22. The summed E-state index contributed by atoms with van der Waals surface area (Å²) in [6.45, 7) is 3.47. The fourth-order valence-electron chi connectivity index (χ4n) is 1.43. The summed E-state index contributed by atoms with van der Waals surface area (Å²) in [4.78, 5) is 11.7. The molecular weight excluding hydrogens is 287 g/mol. The smallest absolute Gasteiger partial charge is 0.251 e. The van der Waals surface area contributed by atoms with Gasteiger partial charge in [-0.15, -0.1) is 0 Å². The number of hydrogen-bond donors (Lipinski definition) is 2. The van der Waals surface area contributed by atoms with Gasteiger partial charge in [0.1, 0.15) is 5.82 Å². The van der Waals surface area contributed by atoms with Crippen LogP contribution < -0.4 is 10.6 Å². The average molecular weight is 303 g/mol. The van der Waals surface area contributed by atoms with Gasteiger partial charge in [-0.25, -0.2) is 4.39 Å². The van der Waals surface area contributed by atoms with E-state index in [0.29, 0.717) is 22.5 Å². The van der Waals surface area contributed by atoms with Crippen molar-refractivity contribution in [2.75, 3.05) is 20.1 Å². The summed E-state index contributed by atoms with van der Waals surface area (Å²) >= 11 is 3.05. The van der Waals surface area contributed by atoms with Crippen LogP contribution in [0.2, 0.25) is 0 Å². The van der Waals surface area contributed by atoms with Crippen molar-refractivity contribution in [1.82, 2.24) is 10.6 Å². The summed E-state index contributed by atoms with van der Waals surface area (Å²) < 4.78 is 13.3. The highest BCUT2D eigenvalue weighted by Gasteiger charge is 2.09. The van der Waals surface area contributed by atoms with Gasteiger partial charge in [0.2, 0.25) is 0 Å². The Bertz CT molecular complexity index is 398. The Kier molecular flexibility index (Phi) is 5.58. The van der Waals surface area contributed by atoms with Gasteiger partial charge in [0.05, 0.1) is 4.47 Å². The molecule has 0 saturated heterocycles. The number of benzene rings is 1. The molecule has 0 heterocycles. The van der Waals surface area contributed by atoms with Gasteiger partial charge < -0.3 is 10.6 Å². The molecule has 0 bridgehead atoms. The minimum atomic E-state index is -0.370. The van der Waals surface area contributed by atoms with E-state index >= 15 is 0 Å². The monoisotopic (exact) mass is 302 g/mol. The molecule has 0 aliphatic carbocycles. The van der Waals surface area contributed by atoms with E-state index < -0.39 is 0 Å². The first-order chi connectivity index (χ1) is 8.04. The van der Waals surface area contributed by atoms with E-state index in [1.807, 2.05) is 14.0 Å². The van der Waals surface area contributed by atoms with E-state index in [1.165, 1.54) is 18.2 Å². The van der Waals surface area contributed by atoms with Crippen molar-refractivity contribution in [2.24, 2.45) is 5.92 Å². The Hall–Kier alpha value is -0.940. The van der Waals surface area contributed by atoms with E-state index in [-0.39, 0.29) is 11.7 Å². The van der Waals surface area contributed by atoms with Crippen LogP contribution in [-0.4, -0.2) is 26.0 Å². The largest absolute Gasteiger partial charge is 0.352 e. The van der Waals surface area contributed by atoms with E-state index in [9.17, 15) is 9.18 Å². The van der Waals surface area contributed by atoms with Crippen LogP contribution in [0.4, 0.5) is 4.39 Å². The molecule has 0 aliphatic heterocycles. The van der Waals surface area contributed by atoms with Gasteiger partial charge in [-0.3, -0.25) is 4.79 Å². The summed E-state index contributed by atoms with van der Waals surface area (Å²) in [5.41, 5.74) is 0.454. The summed E-state index contributed by atoms with van der Waals surface area (Å²) in [7, 11) is 1.87. The highest BCUT2D eigenvalue weighted by molar-refractivity contribution is 9.10. The number of rotatable bonds is 5. The fraction of sp³-hybridized carbons (Fsp3) is 0.417. The van der Waals surface area contributed by atoms with E-state index in [0.717, 1.165) is 6.54 Å². The third-order valence-electron chi connectivity index (χ3n) is 2.35. The Morgan fingerprint density at radius 2 is 2.18 bits per heavy atom. The lowest BCUT2D eigenvalue weighted by Gasteiger charge is -2.12. The summed E-state index contributed by atoms with van der Waals surface area (Å²) in [6.07, 6.45) is 0. The van der Waals surface area contributed by atoms with Crippen LogP contribution in [0, 0.1) is 11.7 Å². The van der Waals surface area contributed by atoms with Crippen molar-refractivity contribution in [2.45, 2.75) is 6.92 Å². The van der Waals surface area contributed by atoms with E-state index in [1.54, 1.807) is 0 Å². The molecule has 0 saturated carbocycles. The fourth-order valence-corrected chi connectivity index (χ4v) is 1.81. The van der Waals surface area contributed by atoms with Crippen LogP contribution in [0.3, 0.4) is 0 Å². The first-order valence-electron chi connectivity index (χ1n) is 5.42. The van der Waals surface area contributed by atoms with Crippen LogP contribution in [0.15, 0.2) is 22.7 Å². The highest BCUT2D eigenvalue weighted by atomic mass is 79.9. The van der Waals surface area contributed by atoms with Gasteiger partial charge in [-0.2, -0.15) is 0 Å². The molecule has 0 aliphatic rings. The molecule has 2 N–H and O–H groups in total. The number of halogens is 2. The molecule has 1 rings (SSSR count). The second kappa shape index (κ2) is 6.71. The van der Waals surface area contributed by atoms with Gasteiger partial charge in [0.15, 0.2) is 0 Å². The first-order valence-corrected chi connectivity index (χ1v) is 6.21. The minimum Gasteiger partial charge on any atom is -0.352 e. The van der Waals surface area contributed by atoms with Gasteiger partial charge in [0, 0.05) is 12.1 Å². The third-order valence-corrected chi connectivity index (χ3v) is 2.95. The molecule has 3 nitrogen and oxygen atoms in total. The van der Waals surface area contributed by atoms with Crippen LogP contribution in [0.5, 0.6) is 0 Å². The number of nitrogens with one attached hydrogen (secondary N) is 2. The molecule has 0 aromatic heterocycles. The van der Waals surface area contributed by atoms with Crippen LogP contribution in [0.1, 0.15) is 17.3 Å². The molecule has 0 unspecified atom stereocenters. The predicted molar refractivity (Wildman–Crippen MR) is 69.5 cm³/mol. The molecule has 0 radical (unpaired) electrons. The molecule has 0 fully saturated rings. The molecular formula is C12H16BrFN2O. The second-order valence-corrected chi connectivity index (χ2v) is 4.86. The number of amides is 1. The molecule has 1 aromatic rings. The average Bonchev–Trinajstić information content (AvgIpc) is 2.30. The predicted octanol–water partition coefficient (Wildman–Crippen LogP) is 2.17. The van der Waals surface area contributed by atoms with Crippen LogP contribution in [0.25, 0.3) is 0 Å². The van der Waals surface area contributed by atoms with Crippen LogP contribution >= 0.6 is 15.9 Å². The standard InChI is InChI=1S/C12H16BrFN2O/c1-8(6-15-2)7-16-12(17)9-3-4-11(14)10(13)5-9/h3-5,8,15H,6-7H2,1-2H3,(H,16,17)/t8-/m0/s1.